The molecule has 2 aromatic rings. The zero-order valence-corrected chi connectivity index (χ0v) is 17.7. The van der Waals surface area contributed by atoms with E-state index in [0.717, 1.165) is 6.42 Å². The number of carbonyl (C=O) groups excluding carboxylic acids is 2. The Balaban J connectivity index is 2.14. The van der Waals surface area contributed by atoms with Crippen LogP contribution in [0.4, 0.5) is 0 Å². The van der Waals surface area contributed by atoms with Gasteiger partial charge in [0.2, 0.25) is 5.91 Å². The summed E-state index contributed by atoms with van der Waals surface area (Å²) >= 11 is 12.2. The molecule has 0 bridgehead atoms. The Morgan fingerprint density at radius 2 is 1.82 bits per heavy atom. The molecule has 0 aliphatic carbocycles. The van der Waals surface area contributed by atoms with Gasteiger partial charge in [0.05, 0.1) is 0 Å². The third kappa shape index (κ3) is 5.88. The van der Waals surface area contributed by atoms with Crippen LogP contribution in [-0.2, 0) is 22.6 Å². The molecule has 1 N–H and O–H groups in total. The van der Waals surface area contributed by atoms with Crippen molar-refractivity contribution in [3.05, 3.63) is 63.6 Å². The second kappa shape index (κ2) is 10.3. The molecule has 2 amide bonds. The number of likely N-dealkylation sites (N-methyl/N-ethyl adjacent to an activating group) is 1. The van der Waals surface area contributed by atoms with Crippen LogP contribution in [-0.4, -0.2) is 36.4 Å². The van der Waals surface area contributed by atoms with Crippen LogP contribution in [0.25, 0.3) is 0 Å². The third-order valence-corrected chi connectivity index (χ3v) is 5.05. The minimum absolute atomic E-state index is 0.168. The second-order valence-corrected chi connectivity index (χ2v) is 7.18. The van der Waals surface area contributed by atoms with E-state index in [4.69, 9.17) is 27.9 Å². The monoisotopic (exact) mass is 422 g/mol. The summed E-state index contributed by atoms with van der Waals surface area (Å²) in [5.41, 5.74) is 1.88. The molecule has 0 saturated carbocycles. The van der Waals surface area contributed by atoms with Gasteiger partial charge in [-0.2, -0.15) is 0 Å². The lowest BCUT2D eigenvalue weighted by Gasteiger charge is -2.28. The van der Waals surface area contributed by atoms with E-state index in [-0.39, 0.29) is 25.0 Å². The SMILES string of the molecule is CCc1ccc(OCC(=O)N(Cc2ccc(Cl)cc2Cl)[C@H](C)C(=O)NC)cc1. The van der Waals surface area contributed by atoms with E-state index in [0.29, 0.717) is 21.4 Å². The summed E-state index contributed by atoms with van der Waals surface area (Å²) in [5, 5.41) is 3.51. The summed E-state index contributed by atoms with van der Waals surface area (Å²) in [7, 11) is 1.53. The van der Waals surface area contributed by atoms with E-state index < -0.39 is 6.04 Å². The largest absolute Gasteiger partial charge is 0.484 e. The van der Waals surface area contributed by atoms with E-state index >= 15 is 0 Å². The van der Waals surface area contributed by atoms with Crippen LogP contribution in [0.1, 0.15) is 25.0 Å². The summed E-state index contributed by atoms with van der Waals surface area (Å²) in [6.07, 6.45) is 0.929. The number of benzene rings is 2. The number of nitrogens with zero attached hydrogens (tertiary/aromatic N) is 1. The molecule has 0 saturated heterocycles. The summed E-state index contributed by atoms with van der Waals surface area (Å²) in [4.78, 5) is 26.4. The number of hydrogen-bond donors (Lipinski definition) is 1. The standard InChI is InChI=1S/C21H24Cl2N2O3/c1-4-15-5-9-18(10-6-15)28-13-20(26)25(14(2)21(27)24-3)12-16-7-8-17(22)11-19(16)23/h5-11,14H,4,12-13H2,1-3H3,(H,24,27)/t14-/m1/s1. The lowest BCUT2D eigenvalue weighted by Crippen LogP contribution is -2.48. The Bertz CT molecular complexity index is 825. The van der Waals surface area contributed by atoms with Crippen molar-refractivity contribution in [1.29, 1.82) is 0 Å². The van der Waals surface area contributed by atoms with Gasteiger partial charge in [-0.15, -0.1) is 0 Å². The molecule has 0 heterocycles. The van der Waals surface area contributed by atoms with E-state index in [1.807, 2.05) is 24.3 Å². The average Bonchev–Trinajstić information content (AvgIpc) is 2.70. The highest BCUT2D eigenvalue weighted by Gasteiger charge is 2.26. The van der Waals surface area contributed by atoms with Crippen LogP contribution < -0.4 is 10.1 Å². The van der Waals surface area contributed by atoms with E-state index in [1.54, 1.807) is 25.1 Å². The first-order chi connectivity index (χ1) is 13.3. The molecule has 0 fully saturated rings. The van der Waals surface area contributed by atoms with E-state index in [9.17, 15) is 9.59 Å². The molecule has 0 radical (unpaired) electrons. The van der Waals surface area contributed by atoms with E-state index in [1.165, 1.54) is 17.5 Å². The topological polar surface area (TPSA) is 58.6 Å². The van der Waals surface area contributed by atoms with Crippen molar-refractivity contribution in [1.82, 2.24) is 10.2 Å². The normalized spacial score (nSPS) is 11.6. The molecular weight excluding hydrogens is 399 g/mol. The van der Waals surface area contributed by atoms with Crippen LogP contribution in [0.3, 0.4) is 0 Å². The van der Waals surface area contributed by atoms with Gasteiger partial charge in [-0.25, -0.2) is 0 Å². The maximum absolute atomic E-state index is 12.8. The fourth-order valence-electron chi connectivity index (χ4n) is 2.67. The lowest BCUT2D eigenvalue weighted by atomic mass is 10.1. The highest BCUT2D eigenvalue weighted by molar-refractivity contribution is 6.35. The molecule has 5 nitrogen and oxygen atoms in total. The zero-order valence-electron chi connectivity index (χ0n) is 16.2. The molecule has 0 unspecified atom stereocenters. The van der Waals surface area contributed by atoms with Gasteiger partial charge in [0.1, 0.15) is 11.8 Å². The van der Waals surface area contributed by atoms with Crippen LogP contribution in [0.15, 0.2) is 42.5 Å². The molecule has 0 aromatic heterocycles. The average molecular weight is 423 g/mol. The molecule has 150 valence electrons. The Morgan fingerprint density at radius 1 is 1.14 bits per heavy atom. The molecule has 1 atom stereocenters. The van der Waals surface area contributed by atoms with Crippen molar-refractivity contribution in [3.63, 3.8) is 0 Å². The van der Waals surface area contributed by atoms with Crippen molar-refractivity contribution in [2.75, 3.05) is 13.7 Å². The van der Waals surface area contributed by atoms with Gasteiger partial charge in [-0.05, 0) is 48.7 Å². The number of amides is 2. The van der Waals surface area contributed by atoms with Gasteiger partial charge in [-0.1, -0.05) is 48.3 Å². The zero-order chi connectivity index (χ0) is 20.7. The van der Waals surface area contributed by atoms with Crippen LogP contribution in [0.5, 0.6) is 5.75 Å². The first-order valence-electron chi connectivity index (χ1n) is 9.02. The minimum atomic E-state index is -0.685. The third-order valence-electron chi connectivity index (χ3n) is 4.46. The van der Waals surface area contributed by atoms with Crippen LogP contribution in [0, 0.1) is 0 Å². The number of carbonyl (C=O) groups is 2. The first kappa shape index (κ1) is 22.1. The van der Waals surface area contributed by atoms with Crippen LogP contribution >= 0.6 is 23.2 Å². The number of hydrogen-bond acceptors (Lipinski definition) is 3. The number of rotatable bonds is 8. The Labute approximate surface area is 175 Å². The number of nitrogens with one attached hydrogen (secondary N) is 1. The van der Waals surface area contributed by atoms with Gasteiger partial charge in [0.15, 0.2) is 6.61 Å². The Kier molecular flexibility index (Phi) is 8.15. The summed E-state index contributed by atoms with van der Waals surface area (Å²) in [5.74, 6) is 0.00930. The quantitative estimate of drug-likeness (QED) is 0.696. The molecule has 2 aromatic carbocycles. The van der Waals surface area contributed by atoms with Gasteiger partial charge >= 0.3 is 0 Å². The predicted molar refractivity (Wildman–Crippen MR) is 112 cm³/mol. The number of ether oxygens (including phenoxy) is 1. The maximum atomic E-state index is 12.8. The van der Waals surface area contributed by atoms with Crippen molar-refractivity contribution in [2.24, 2.45) is 0 Å². The molecule has 0 aliphatic rings. The molecular formula is C21H24Cl2N2O3. The number of aryl methyl sites for hydroxylation is 1. The summed E-state index contributed by atoms with van der Waals surface area (Å²) < 4.78 is 5.62. The highest BCUT2D eigenvalue weighted by atomic mass is 35.5. The Hall–Kier alpha value is -2.24. The van der Waals surface area contributed by atoms with Gasteiger partial charge in [0.25, 0.3) is 5.91 Å². The molecule has 7 heteroatoms. The minimum Gasteiger partial charge on any atom is -0.484 e. The van der Waals surface area contributed by atoms with Gasteiger partial charge < -0.3 is 15.0 Å². The van der Waals surface area contributed by atoms with E-state index in [2.05, 4.69) is 12.2 Å². The predicted octanol–water partition coefficient (Wildman–Crippen LogP) is 4.10. The molecule has 0 spiro atoms. The summed E-state index contributed by atoms with van der Waals surface area (Å²) in [6.45, 7) is 3.72. The highest BCUT2D eigenvalue weighted by Crippen LogP contribution is 2.23. The van der Waals surface area contributed by atoms with Crippen molar-refractivity contribution >= 4 is 35.0 Å². The van der Waals surface area contributed by atoms with Crippen molar-refractivity contribution in [2.45, 2.75) is 32.9 Å². The molecule has 28 heavy (non-hydrogen) atoms. The fraction of sp³-hybridized carbons (Fsp3) is 0.333. The molecule has 0 aliphatic heterocycles. The molecule has 2 rings (SSSR count). The smallest absolute Gasteiger partial charge is 0.261 e. The van der Waals surface area contributed by atoms with Gasteiger partial charge in [0, 0.05) is 23.6 Å². The van der Waals surface area contributed by atoms with Crippen molar-refractivity contribution < 1.29 is 14.3 Å². The number of halogens is 2. The fourth-order valence-corrected chi connectivity index (χ4v) is 3.14. The van der Waals surface area contributed by atoms with Gasteiger partial charge in [-0.3, -0.25) is 9.59 Å². The summed E-state index contributed by atoms with van der Waals surface area (Å²) in [6, 6.07) is 11.9. The lowest BCUT2D eigenvalue weighted by molar-refractivity contribution is -0.142. The maximum Gasteiger partial charge on any atom is 0.261 e. The second-order valence-electron chi connectivity index (χ2n) is 6.33. The van der Waals surface area contributed by atoms with Crippen LogP contribution in [0.2, 0.25) is 10.0 Å². The Morgan fingerprint density at radius 3 is 2.39 bits per heavy atom. The van der Waals surface area contributed by atoms with Crippen molar-refractivity contribution in [3.8, 4) is 5.75 Å². The first-order valence-corrected chi connectivity index (χ1v) is 9.78.